The van der Waals surface area contributed by atoms with Gasteiger partial charge in [0.1, 0.15) is 0 Å². The molecule has 0 saturated heterocycles. The van der Waals surface area contributed by atoms with Gasteiger partial charge in [0.25, 0.3) is 0 Å². The summed E-state index contributed by atoms with van der Waals surface area (Å²) < 4.78 is 1.02. The minimum atomic E-state index is 0.594. The molecule has 0 amide bonds. The highest BCUT2D eigenvalue weighted by molar-refractivity contribution is 9.10. The number of hydrogen-bond donors (Lipinski definition) is 1. The first-order valence-electron chi connectivity index (χ1n) is 4.29. The average Bonchev–Trinajstić information content (AvgIpc) is 2.58. The predicted molar refractivity (Wildman–Crippen MR) is 68.5 cm³/mol. The van der Waals surface area contributed by atoms with E-state index in [-0.39, 0.29) is 0 Å². The van der Waals surface area contributed by atoms with Crippen LogP contribution in [0.1, 0.15) is 11.3 Å². The fourth-order valence-corrected chi connectivity index (χ4v) is 2.43. The lowest BCUT2D eigenvalue weighted by molar-refractivity contribution is 1.11. The fourth-order valence-electron chi connectivity index (χ4n) is 1.28. The summed E-state index contributed by atoms with van der Waals surface area (Å²) in [5.74, 6) is 0. The molecule has 15 heavy (non-hydrogen) atoms. The van der Waals surface area contributed by atoms with E-state index in [4.69, 9.17) is 17.3 Å². The average molecular weight is 304 g/mol. The SMILES string of the molecule is Nc1nc(Cc2cc(Br)ccc2Cl)cs1. The predicted octanol–water partition coefficient (Wildman–Crippen LogP) is 3.73. The van der Waals surface area contributed by atoms with Gasteiger partial charge in [0.2, 0.25) is 0 Å². The standard InChI is InChI=1S/C10H8BrClN2S/c11-7-1-2-9(12)6(3-7)4-8-5-15-10(13)14-8/h1-3,5H,4H2,(H2,13,14). The molecule has 0 atom stereocenters. The number of nitrogens with two attached hydrogens (primary N) is 1. The largest absolute Gasteiger partial charge is 0.375 e. The third-order valence-corrected chi connectivity index (χ3v) is 3.53. The quantitative estimate of drug-likeness (QED) is 0.918. The summed E-state index contributed by atoms with van der Waals surface area (Å²) in [4.78, 5) is 4.20. The Bertz CT molecular complexity index is 484. The van der Waals surface area contributed by atoms with E-state index >= 15 is 0 Å². The normalized spacial score (nSPS) is 10.5. The smallest absolute Gasteiger partial charge is 0.180 e. The van der Waals surface area contributed by atoms with Crippen LogP contribution in [0.5, 0.6) is 0 Å². The van der Waals surface area contributed by atoms with E-state index in [0.717, 1.165) is 20.8 Å². The molecule has 2 aromatic rings. The van der Waals surface area contributed by atoms with Gasteiger partial charge in [-0.3, -0.25) is 0 Å². The van der Waals surface area contributed by atoms with Crippen molar-refractivity contribution in [2.24, 2.45) is 0 Å². The summed E-state index contributed by atoms with van der Waals surface area (Å²) in [5, 5.41) is 3.30. The van der Waals surface area contributed by atoms with Gasteiger partial charge in [-0.15, -0.1) is 11.3 Å². The molecule has 78 valence electrons. The van der Waals surface area contributed by atoms with Crippen LogP contribution in [0.3, 0.4) is 0 Å². The van der Waals surface area contributed by atoms with Crippen molar-refractivity contribution < 1.29 is 0 Å². The van der Waals surface area contributed by atoms with Crippen LogP contribution >= 0.6 is 38.9 Å². The van der Waals surface area contributed by atoms with Crippen molar-refractivity contribution >= 4 is 44.0 Å². The van der Waals surface area contributed by atoms with Crippen molar-refractivity contribution in [3.8, 4) is 0 Å². The Hall–Kier alpha value is -0.580. The molecule has 5 heteroatoms. The molecule has 2 rings (SSSR count). The molecular weight excluding hydrogens is 296 g/mol. The first kappa shape index (κ1) is 10.9. The molecule has 0 fully saturated rings. The third-order valence-electron chi connectivity index (χ3n) is 1.95. The molecular formula is C10H8BrClN2S. The summed E-state index contributed by atoms with van der Waals surface area (Å²) in [6, 6.07) is 5.79. The fraction of sp³-hybridized carbons (Fsp3) is 0.100. The van der Waals surface area contributed by atoms with Gasteiger partial charge in [-0.2, -0.15) is 0 Å². The second kappa shape index (κ2) is 4.51. The summed E-state index contributed by atoms with van der Waals surface area (Å²) in [7, 11) is 0. The number of halogens is 2. The third kappa shape index (κ3) is 2.71. The van der Waals surface area contributed by atoms with Crippen molar-refractivity contribution in [1.29, 1.82) is 0 Å². The van der Waals surface area contributed by atoms with Gasteiger partial charge >= 0.3 is 0 Å². The Morgan fingerprint density at radius 2 is 2.27 bits per heavy atom. The molecule has 0 unspecified atom stereocenters. The number of nitrogen functional groups attached to an aromatic ring is 1. The maximum absolute atomic E-state index is 6.08. The van der Waals surface area contributed by atoms with Crippen LogP contribution in [0.25, 0.3) is 0 Å². The summed E-state index contributed by atoms with van der Waals surface area (Å²) >= 11 is 10.9. The zero-order valence-corrected chi connectivity index (χ0v) is 10.9. The number of aromatic nitrogens is 1. The number of nitrogens with zero attached hydrogens (tertiary/aromatic N) is 1. The van der Waals surface area contributed by atoms with Crippen LogP contribution in [0.15, 0.2) is 28.1 Å². The Morgan fingerprint density at radius 1 is 1.47 bits per heavy atom. The summed E-state index contributed by atoms with van der Waals surface area (Å²) in [6.45, 7) is 0. The monoisotopic (exact) mass is 302 g/mol. The Labute approximate surface area is 105 Å². The van der Waals surface area contributed by atoms with Crippen LogP contribution in [0, 0.1) is 0 Å². The van der Waals surface area contributed by atoms with Gasteiger partial charge in [-0.1, -0.05) is 27.5 Å². The maximum atomic E-state index is 6.08. The minimum Gasteiger partial charge on any atom is -0.375 e. The second-order valence-corrected chi connectivity index (χ2v) is 5.30. The van der Waals surface area contributed by atoms with Crippen molar-refractivity contribution in [3.63, 3.8) is 0 Å². The van der Waals surface area contributed by atoms with Gasteiger partial charge in [-0.25, -0.2) is 4.98 Å². The van der Waals surface area contributed by atoms with E-state index < -0.39 is 0 Å². The number of anilines is 1. The molecule has 0 saturated carbocycles. The minimum absolute atomic E-state index is 0.594. The number of rotatable bonds is 2. The van der Waals surface area contributed by atoms with E-state index in [0.29, 0.717) is 11.6 Å². The molecule has 0 aliphatic rings. The molecule has 0 aliphatic carbocycles. The van der Waals surface area contributed by atoms with Gasteiger partial charge in [0.05, 0.1) is 5.69 Å². The van der Waals surface area contributed by atoms with Crippen LogP contribution in [0.4, 0.5) is 5.13 Å². The Balaban J connectivity index is 2.27. The highest BCUT2D eigenvalue weighted by Gasteiger charge is 2.05. The van der Waals surface area contributed by atoms with E-state index in [2.05, 4.69) is 20.9 Å². The topological polar surface area (TPSA) is 38.9 Å². The van der Waals surface area contributed by atoms with Gasteiger partial charge in [0, 0.05) is 21.3 Å². The molecule has 0 aliphatic heterocycles. The van der Waals surface area contributed by atoms with E-state index in [1.54, 1.807) is 0 Å². The van der Waals surface area contributed by atoms with Gasteiger partial charge in [0.15, 0.2) is 5.13 Å². The molecule has 0 radical (unpaired) electrons. The summed E-state index contributed by atoms with van der Waals surface area (Å²) in [6.07, 6.45) is 0.714. The van der Waals surface area contributed by atoms with E-state index in [1.165, 1.54) is 11.3 Å². The molecule has 1 aromatic heterocycles. The first-order valence-corrected chi connectivity index (χ1v) is 6.34. The van der Waals surface area contributed by atoms with Crippen LogP contribution in [-0.2, 0) is 6.42 Å². The Morgan fingerprint density at radius 3 is 2.93 bits per heavy atom. The van der Waals surface area contributed by atoms with Crippen molar-refractivity contribution in [2.75, 3.05) is 5.73 Å². The van der Waals surface area contributed by atoms with Crippen molar-refractivity contribution in [3.05, 3.63) is 44.3 Å². The molecule has 1 heterocycles. The lowest BCUT2D eigenvalue weighted by Gasteiger charge is -2.02. The van der Waals surface area contributed by atoms with Crippen LogP contribution in [-0.4, -0.2) is 4.98 Å². The van der Waals surface area contributed by atoms with Crippen molar-refractivity contribution in [1.82, 2.24) is 4.98 Å². The molecule has 0 bridgehead atoms. The lowest BCUT2D eigenvalue weighted by atomic mass is 10.1. The van der Waals surface area contributed by atoms with E-state index in [9.17, 15) is 0 Å². The molecule has 2 nitrogen and oxygen atoms in total. The highest BCUT2D eigenvalue weighted by Crippen LogP contribution is 2.24. The summed E-state index contributed by atoms with van der Waals surface area (Å²) in [5.41, 5.74) is 7.57. The van der Waals surface area contributed by atoms with E-state index in [1.807, 2.05) is 23.6 Å². The molecule has 0 spiro atoms. The van der Waals surface area contributed by atoms with Gasteiger partial charge < -0.3 is 5.73 Å². The van der Waals surface area contributed by atoms with Crippen LogP contribution < -0.4 is 5.73 Å². The number of benzene rings is 1. The van der Waals surface area contributed by atoms with Gasteiger partial charge in [-0.05, 0) is 23.8 Å². The second-order valence-electron chi connectivity index (χ2n) is 3.09. The zero-order valence-electron chi connectivity index (χ0n) is 7.71. The Kier molecular flexibility index (Phi) is 3.29. The van der Waals surface area contributed by atoms with Crippen LogP contribution in [0.2, 0.25) is 5.02 Å². The number of hydrogen-bond acceptors (Lipinski definition) is 3. The maximum Gasteiger partial charge on any atom is 0.180 e. The molecule has 1 aromatic carbocycles. The lowest BCUT2D eigenvalue weighted by Crippen LogP contribution is -1.91. The zero-order chi connectivity index (χ0) is 10.8. The molecule has 2 N–H and O–H groups in total. The highest BCUT2D eigenvalue weighted by atomic mass is 79.9. The van der Waals surface area contributed by atoms with Crippen molar-refractivity contribution in [2.45, 2.75) is 6.42 Å². The number of thiazole rings is 1. The first-order chi connectivity index (χ1) is 7.15.